The van der Waals surface area contributed by atoms with Crippen molar-refractivity contribution in [1.82, 2.24) is 9.13 Å². The predicted molar refractivity (Wildman–Crippen MR) is 102 cm³/mol. The van der Waals surface area contributed by atoms with Crippen LogP contribution in [-0.4, -0.2) is 27.6 Å². The Bertz CT molecular complexity index is 1030. The minimum atomic E-state index is -0.678. The molecule has 7 heteroatoms. The predicted octanol–water partition coefficient (Wildman–Crippen LogP) is 3.68. The second kappa shape index (κ2) is 7.70. The number of aryl methyl sites for hydroxylation is 1. The van der Waals surface area contributed by atoms with Crippen LogP contribution in [0.1, 0.15) is 17.3 Å². The van der Waals surface area contributed by atoms with E-state index >= 15 is 0 Å². The summed E-state index contributed by atoms with van der Waals surface area (Å²) in [4.78, 5) is 28.7. The number of hydrogen-bond donors (Lipinski definition) is 0. The Labute approximate surface area is 158 Å². The van der Waals surface area contributed by atoms with Crippen LogP contribution in [0.4, 0.5) is 4.79 Å². The molecule has 1 heterocycles. The number of carbonyl (C=O) groups is 2. The van der Waals surface area contributed by atoms with Crippen molar-refractivity contribution in [2.45, 2.75) is 13.5 Å². The number of hydrogen-bond acceptors (Lipinski definition) is 3. The quantitative estimate of drug-likeness (QED) is 0.610. The summed E-state index contributed by atoms with van der Waals surface area (Å²) in [7, 11) is 1.81. The highest BCUT2D eigenvalue weighted by atomic mass is 79.9. The van der Waals surface area contributed by atoms with Crippen LogP contribution in [0, 0.1) is 0 Å². The monoisotopic (exact) mass is 415 g/mol. The summed E-state index contributed by atoms with van der Waals surface area (Å²) < 4.78 is 9.35. The van der Waals surface area contributed by atoms with E-state index in [2.05, 4.69) is 20.9 Å². The van der Waals surface area contributed by atoms with Gasteiger partial charge in [-0.2, -0.15) is 0 Å². The summed E-state index contributed by atoms with van der Waals surface area (Å²) in [5.74, 6) is -0.0702. The normalized spacial score (nSPS) is 11.7. The number of fused-ring (bicyclic) bond motifs is 1. The molecular weight excluding hydrogens is 398 g/mol. The molecule has 3 rings (SSSR count). The highest BCUT2D eigenvalue weighted by Gasteiger charge is 2.15. The lowest BCUT2D eigenvalue weighted by molar-refractivity contribution is 0.0971. The average Bonchev–Trinajstić information content (AvgIpc) is 2.88. The van der Waals surface area contributed by atoms with Gasteiger partial charge in [-0.3, -0.25) is 4.79 Å². The van der Waals surface area contributed by atoms with E-state index in [1.165, 1.54) is 0 Å². The number of ether oxygens (including phenoxy) is 1. The van der Waals surface area contributed by atoms with Gasteiger partial charge in [-0.15, -0.1) is 4.99 Å². The van der Waals surface area contributed by atoms with E-state index in [-0.39, 0.29) is 18.9 Å². The Hall–Kier alpha value is -2.67. The van der Waals surface area contributed by atoms with Gasteiger partial charge >= 0.3 is 6.09 Å². The first kappa shape index (κ1) is 18.1. The van der Waals surface area contributed by atoms with Crippen LogP contribution in [-0.2, 0) is 18.3 Å². The molecular formula is C19H18BrN3O3. The number of halogens is 1. The third-order valence-corrected chi connectivity index (χ3v) is 4.53. The van der Waals surface area contributed by atoms with E-state index in [1.807, 2.05) is 36.4 Å². The Morgan fingerprint density at radius 2 is 1.73 bits per heavy atom. The largest absolute Gasteiger partial charge is 0.448 e. The molecule has 0 aliphatic rings. The maximum Gasteiger partial charge on any atom is 0.436 e. The summed E-state index contributed by atoms with van der Waals surface area (Å²) in [6.45, 7) is 2.03. The van der Waals surface area contributed by atoms with Crippen LogP contribution in [0.5, 0.6) is 0 Å². The average molecular weight is 416 g/mol. The van der Waals surface area contributed by atoms with Gasteiger partial charge in [0.1, 0.15) is 0 Å². The van der Waals surface area contributed by atoms with Crippen LogP contribution in [0.2, 0.25) is 0 Å². The fourth-order valence-electron chi connectivity index (χ4n) is 2.77. The van der Waals surface area contributed by atoms with Gasteiger partial charge in [0.15, 0.2) is 5.78 Å². The molecule has 0 saturated carbocycles. The van der Waals surface area contributed by atoms with Gasteiger partial charge in [0.2, 0.25) is 5.62 Å². The van der Waals surface area contributed by atoms with Crippen LogP contribution < -0.4 is 5.62 Å². The number of ketones is 1. The third kappa shape index (κ3) is 3.62. The number of para-hydroxylation sites is 2. The molecule has 0 saturated heterocycles. The Balaban J connectivity index is 2.10. The zero-order chi connectivity index (χ0) is 18.7. The van der Waals surface area contributed by atoms with Crippen molar-refractivity contribution in [3.8, 4) is 0 Å². The SMILES string of the molecule is CCOC(=O)N=c1n(C)c2ccccc2n1CC(=O)c1ccc(Br)cc1. The molecule has 6 nitrogen and oxygen atoms in total. The Morgan fingerprint density at radius 1 is 1.08 bits per heavy atom. The number of Topliss-reactive ketones (excluding diaryl/α,β-unsaturated/α-hetero) is 1. The highest BCUT2D eigenvalue weighted by molar-refractivity contribution is 9.10. The number of aromatic nitrogens is 2. The van der Waals surface area contributed by atoms with Crippen LogP contribution in [0.3, 0.4) is 0 Å². The fraction of sp³-hybridized carbons (Fsp3) is 0.211. The van der Waals surface area contributed by atoms with E-state index in [9.17, 15) is 9.59 Å². The molecule has 1 aromatic heterocycles. The second-order valence-electron chi connectivity index (χ2n) is 5.67. The molecule has 0 N–H and O–H groups in total. The molecule has 3 aromatic rings. The molecule has 0 unspecified atom stereocenters. The number of amides is 1. The van der Waals surface area contributed by atoms with Crippen molar-refractivity contribution in [2.24, 2.45) is 12.0 Å². The molecule has 0 fully saturated rings. The van der Waals surface area contributed by atoms with Crippen molar-refractivity contribution in [3.05, 3.63) is 64.2 Å². The number of imidazole rings is 1. The Morgan fingerprint density at radius 3 is 2.38 bits per heavy atom. The molecule has 0 bridgehead atoms. The standard InChI is InChI=1S/C19H18BrN3O3/c1-3-26-19(25)21-18-22(2)15-6-4-5-7-16(15)23(18)12-17(24)13-8-10-14(20)11-9-13/h4-11H,3,12H2,1-2H3. The molecule has 26 heavy (non-hydrogen) atoms. The van der Waals surface area contributed by atoms with Gasteiger partial charge in [0.05, 0.1) is 24.2 Å². The van der Waals surface area contributed by atoms with Crippen molar-refractivity contribution in [3.63, 3.8) is 0 Å². The fourth-order valence-corrected chi connectivity index (χ4v) is 3.04. The van der Waals surface area contributed by atoms with E-state index in [0.717, 1.165) is 15.5 Å². The van der Waals surface area contributed by atoms with Crippen LogP contribution in [0.25, 0.3) is 11.0 Å². The number of nitrogens with zero attached hydrogens (tertiary/aromatic N) is 3. The Kier molecular flexibility index (Phi) is 5.37. The van der Waals surface area contributed by atoms with Gasteiger partial charge in [-0.25, -0.2) is 4.79 Å². The molecule has 134 valence electrons. The van der Waals surface area contributed by atoms with Gasteiger partial charge < -0.3 is 13.9 Å². The van der Waals surface area contributed by atoms with E-state index in [4.69, 9.17) is 4.74 Å². The maximum atomic E-state index is 12.7. The summed E-state index contributed by atoms with van der Waals surface area (Å²) in [5.41, 5.74) is 2.66. The van der Waals surface area contributed by atoms with Gasteiger partial charge in [-0.1, -0.05) is 40.2 Å². The lowest BCUT2D eigenvalue weighted by Crippen LogP contribution is -2.28. The van der Waals surface area contributed by atoms with Crippen LogP contribution >= 0.6 is 15.9 Å². The third-order valence-electron chi connectivity index (χ3n) is 4.00. The minimum absolute atomic E-state index is 0.0702. The molecule has 0 atom stereocenters. The number of benzene rings is 2. The lowest BCUT2D eigenvalue weighted by Gasteiger charge is -2.05. The maximum absolute atomic E-state index is 12.7. The summed E-state index contributed by atoms with van der Waals surface area (Å²) in [5, 5.41) is 0. The molecule has 1 amide bonds. The van der Waals surface area contributed by atoms with Crippen molar-refractivity contribution in [2.75, 3.05) is 6.61 Å². The summed E-state index contributed by atoms with van der Waals surface area (Å²) in [6.07, 6.45) is -0.678. The second-order valence-corrected chi connectivity index (χ2v) is 6.59. The van der Waals surface area contributed by atoms with Crippen molar-refractivity contribution >= 4 is 38.8 Å². The zero-order valence-corrected chi connectivity index (χ0v) is 16.1. The lowest BCUT2D eigenvalue weighted by atomic mass is 10.1. The van der Waals surface area contributed by atoms with Crippen LogP contribution in [0.15, 0.2) is 58.0 Å². The summed E-state index contributed by atoms with van der Waals surface area (Å²) in [6, 6.07) is 14.8. The van der Waals surface area contributed by atoms with E-state index in [1.54, 1.807) is 35.2 Å². The van der Waals surface area contributed by atoms with E-state index < -0.39 is 6.09 Å². The van der Waals surface area contributed by atoms with Gasteiger partial charge in [-0.05, 0) is 31.2 Å². The van der Waals surface area contributed by atoms with Crippen molar-refractivity contribution < 1.29 is 14.3 Å². The molecule has 0 aliphatic carbocycles. The van der Waals surface area contributed by atoms with Gasteiger partial charge in [0.25, 0.3) is 0 Å². The number of rotatable bonds is 4. The summed E-state index contributed by atoms with van der Waals surface area (Å²) >= 11 is 3.36. The first-order valence-electron chi connectivity index (χ1n) is 8.15. The zero-order valence-electron chi connectivity index (χ0n) is 14.5. The molecule has 0 radical (unpaired) electrons. The van der Waals surface area contributed by atoms with Gasteiger partial charge in [0, 0.05) is 17.1 Å². The topological polar surface area (TPSA) is 65.6 Å². The first-order chi connectivity index (χ1) is 12.5. The minimum Gasteiger partial charge on any atom is -0.448 e. The highest BCUT2D eigenvalue weighted by Crippen LogP contribution is 2.15. The molecule has 0 aliphatic heterocycles. The first-order valence-corrected chi connectivity index (χ1v) is 8.95. The molecule has 2 aromatic carbocycles. The van der Waals surface area contributed by atoms with Crippen molar-refractivity contribution in [1.29, 1.82) is 0 Å². The number of carbonyl (C=O) groups excluding carboxylic acids is 2. The van der Waals surface area contributed by atoms with E-state index in [0.29, 0.717) is 11.2 Å². The smallest absolute Gasteiger partial charge is 0.436 e. The molecule has 0 spiro atoms.